The zero-order valence-corrected chi connectivity index (χ0v) is 17.1. The van der Waals surface area contributed by atoms with E-state index in [0.717, 1.165) is 75.9 Å². The van der Waals surface area contributed by atoms with Gasteiger partial charge >= 0.3 is 5.69 Å². The number of thioether (sulfide) groups is 1. The predicted octanol–water partition coefficient (Wildman–Crippen LogP) is 3.02. The molecule has 0 N–H and O–H groups in total. The van der Waals surface area contributed by atoms with Crippen LogP contribution >= 0.6 is 11.8 Å². The molecule has 29 heavy (non-hydrogen) atoms. The molecule has 1 saturated heterocycles. The van der Waals surface area contributed by atoms with E-state index in [4.69, 9.17) is 4.74 Å². The molecule has 5 nitrogen and oxygen atoms in total. The molecule has 0 spiro atoms. The van der Waals surface area contributed by atoms with Crippen molar-refractivity contribution >= 4 is 11.8 Å². The summed E-state index contributed by atoms with van der Waals surface area (Å²) in [6.45, 7) is 5.07. The molecule has 0 unspecified atom stereocenters. The molecule has 0 saturated carbocycles. The van der Waals surface area contributed by atoms with Crippen LogP contribution in [0.1, 0.15) is 29.7 Å². The van der Waals surface area contributed by atoms with E-state index >= 15 is 0 Å². The summed E-state index contributed by atoms with van der Waals surface area (Å²) in [5, 5.41) is 0.705. The third kappa shape index (κ3) is 5.05. The van der Waals surface area contributed by atoms with Gasteiger partial charge in [0.15, 0.2) is 0 Å². The third-order valence-corrected chi connectivity index (χ3v) is 6.55. The van der Waals surface area contributed by atoms with Gasteiger partial charge in [-0.1, -0.05) is 0 Å². The molecule has 1 aromatic heterocycles. The van der Waals surface area contributed by atoms with Gasteiger partial charge in [-0.05, 0) is 43.4 Å². The Bertz CT molecular complexity index is 909. The Morgan fingerprint density at radius 3 is 2.59 bits per heavy atom. The molecule has 0 amide bonds. The van der Waals surface area contributed by atoms with Gasteiger partial charge in [0, 0.05) is 49.3 Å². The smallest absolute Gasteiger partial charge is 0.348 e. The number of halogens is 2. The van der Waals surface area contributed by atoms with Gasteiger partial charge in [-0.3, -0.25) is 9.47 Å². The Kier molecular flexibility index (Phi) is 6.62. The number of morpholine rings is 1. The third-order valence-electron chi connectivity index (χ3n) is 5.46. The van der Waals surface area contributed by atoms with Crippen LogP contribution in [0.5, 0.6) is 0 Å². The Morgan fingerprint density at radius 1 is 1.07 bits per heavy atom. The van der Waals surface area contributed by atoms with Crippen molar-refractivity contribution in [2.75, 3.05) is 32.8 Å². The molecule has 4 rings (SSSR count). The largest absolute Gasteiger partial charge is 0.379 e. The van der Waals surface area contributed by atoms with E-state index in [2.05, 4.69) is 9.88 Å². The summed E-state index contributed by atoms with van der Waals surface area (Å²) in [5.74, 6) is -0.793. The Balaban J connectivity index is 1.45. The fourth-order valence-corrected chi connectivity index (χ4v) is 5.07. The van der Waals surface area contributed by atoms with E-state index in [0.29, 0.717) is 22.9 Å². The van der Waals surface area contributed by atoms with Crippen molar-refractivity contribution in [3.63, 3.8) is 0 Å². The summed E-state index contributed by atoms with van der Waals surface area (Å²) in [7, 11) is 0. The monoisotopic (exact) mass is 421 g/mol. The first-order valence-electron chi connectivity index (χ1n) is 10.1. The van der Waals surface area contributed by atoms with E-state index in [1.807, 2.05) is 4.57 Å². The van der Waals surface area contributed by atoms with Crippen molar-refractivity contribution in [1.29, 1.82) is 0 Å². The number of hydrogen-bond donors (Lipinski definition) is 0. The fourth-order valence-electron chi connectivity index (χ4n) is 4.06. The zero-order chi connectivity index (χ0) is 20.2. The van der Waals surface area contributed by atoms with Crippen molar-refractivity contribution in [3.8, 4) is 0 Å². The van der Waals surface area contributed by atoms with Gasteiger partial charge in [-0.2, -0.15) is 4.98 Å². The Labute approximate surface area is 173 Å². The molecule has 0 bridgehead atoms. The molecule has 0 atom stereocenters. The predicted molar refractivity (Wildman–Crippen MR) is 108 cm³/mol. The van der Waals surface area contributed by atoms with Gasteiger partial charge in [-0.25, -0.2) is 13.6 Å². The van der Waals surface area contributed by atoms with Gasteiger partial charge in [0.25, 0.3) is 0 Å². The second-order valence-corrected chi connectivity index (χ2v) is 8.47. The van der Waals surface area contributed by atoms with E-state index in [1.54, 1.807) is 0 Å². The SMILES string of the molecule is O=c1nc(SCc2cc(F)cc(F)c2)c2c(n1CCCN1CCOCC1)CCC2. The molecule has 156 valence electrons. The Morgan fingerprint density at radius 2 is 1.83 bits per heavy atom. The first-order valence-corrected chi connectivity index (χ1v) is 11.1. The van der Waals surface area contributed by atoms with Crippen molar-refractivity contribution in [1.82, 2.24) is 14.5 Å². The summed E-state index contributed by atoms with van der Waals surface area (Å²) in [4.78, 5) is 19.4. The average Bonchev–Trinajstić information content (AvgIpc) is 3.18. The van der Waals surface area contributed by atoms with Crippen molar-refractivity contribution < 1.29 is 13.5 Å². The lowest BCUT2D eigenvalue weighted by Crippen LogP contribution is -2.37. The van der Waals surface area contributed by atoms with Gasteiger partial charge < -0.3 is 4.74 Å². The first-order chi connectivity index (χ1) is 14.1. The molecule has 8 heteroatoms. The lowest BCUT2D eigenvalue weighted by molar-refractivity contribution is 0.0368. The van der Waals surface area contributed by atoms with Crippen molar-refractivity contribution in [3.05, 3.63) is 57.1 Å². The van der Waals surface area contributed by atoms with Crippen LogP contribution in [0.15, 0.2) is 28.0 Å². The highest BCUT2D eigenvalue weighted by molar-refractivity contribution is 7.98. The summed E-state index contributed by atoms with van der Waals surface area (Å²) in [6.07, 6.45) is 3.69. The normalized spacial score (nSPS) is 16.9. The average molecular weight is 422 g/mol. The number of rotatable bonds is 7. The lowest BCUT2D eigenvalue weighted by Gasteiger charge is -2.26. The zero-order valence-electron chi connectivity index (χ0n) is 16.3. The minimum absolute atomic E-state index is 0.222. The second kappa shape index (κ2) is 9.36. The van der Waals surface area contributed by atoms with Crippen molar-refractivity contribution in [2.24, 2.45) is 0 Å². The highest BCUT2D eigenvalue weighted by Crippen LogP contribution is 2.31. The van der Waals surface area contributed by atoms with Gasteiger partial charge in [0.1, 0.15) is 16.7 Å². The molecule has 2 heterocycles. The van der Waals surface area contributed by atoms with Crippen LogP contribution in [0.3, 0.4) is 0 Å². The number of benzene rings is 1. The summed E-state index contributed by atoms with van der Waals surface area (Å²) in [6, 6.07) is 3.51. The van der Waals surface area contributed by atoms with Gasteiger partial charge in [0.2, 0.25) is 0 Å². The number of fused-ring (bicyclic) bond motifs is 1. The van der Waals surface area contributed by atoms with Gasteiger partial charge in [-0.15, -0.1) is 11.8 Å². The molecule has 1 fully saturated rings. The number of aromatic nitrogens is 2. The standard InChI is InChI=1S/C21H25F2N3O2S/c22-16-11-15(12-17(23)13-16)14-29-20-18-3-1-4-19(18)26(21(27)24-20)6-2-5-25-7-9-28-10-8-25/h11-13H,1-10,14H2. The van der Waals surface area contributed by atoms with E-state index in [1.165, 1.54) is 23.9 Å². The van der Waals surface area contributed by atoms with Crippen LogP contribution in [0.2, 0.25) is 0 Å². The number of ether oxygens (including phenoxy) is 1. The van der Waals surface area contributed by atoms with Crippen LogP contribution in [-0.2, 0) is 29.9 Å². The van der Waals surface area contributed by atoms with Crippen molar-refractivity contribution in [2.45, 2.75) is 43.0 Å². The van der Waals surface area contributed by atoms with Crippen LogP contribution in [0.25, 0.3) is 0 Å². The maximum absolute atomic E-state index is 13.4. The molecule has 0 radical (unpaired) electrons. The minimum Gasteiger partial charge on any atom is -0.379 e. The highest BCUT2D eigenvalue weighted by Gasteiger charge is 2.22. The molecule has 1 aliphatic heterocycles. The van der Waals surface area contributed by atoms with E-state index in [-0.39, 0.29) is 5.69 Å². The maximum Gasteiger partial charge on any atom is 0.348 e. The molecular formula is C21H25F2N3O2S. The van der Waals surface area contributed by atoms with E-state index in [9.17, 15) is 13.6 Å². The maximum atomic E-state index is 13.4. The van der Waals surface area contributed by atoms with Crippen LogP contribution in [0.4, 0.5) is 8.78 Å². The number of nitrogens with zero attached hydrogens (tertiary/aromatic N) is 3. The summed E-state index contributed by atoms with van der Waals surface area (Å²) < 4.78 is 34.0. The topological polar surface area (TPSA) is 47.4 Å². The van der Waals surface area contributed by atoms with Gasteiger partial charge in [0.05, 0.1) is 13.2 Å². The van der Waals surface area contributed by atoms with Crippen LogP contribution < -0.4 is 5.69 Å². The molecule has 2 aliphatic rings. The van der Waals surface area contributed by atoms with Crippen LogP contribution in [-0.4, -0.2) is 47.3 Å². The minimum atomic E-state index is -0.588. The number of hydrogen-bond acceptors (Lipinski definition) is 5. The lowest BCUT2D eigenvalue weighted by atomic mass is 10.2. The summed E-state index contributed by atoms with van der Waals surface area (Å²) in [5.41, 5.74) is 2.54. The molecular weight excluding hydrogens is 396 g/mol. The molecule has 2 aromatic rings. The first kappa shape index (κ1) is 20.5. The van der Waals surface area contributed by atoms with E-state index < -0.39 is 11.6 Å². The van der Waals surface area contributed by atoms with Crippen LogP contribution in [0, 0.1) is 11.6 Å². The molecule has 1 aliphatic carbocycles. The Hall–Kier alpha value is -1.77. The second-order valence-electron chi connectivity index (χ2n) is 7.50. The quantitative estimate of drug-likeness (QED) is 0.508. The highest BCUT2D eigenvalue weighted by atomic mass is 32.2. The fraction of sp³-hybridized carbons (Fsp3) is 0.524. The molecule has 1 aromatic carbocycles. The summed E-state index contributed by atoms with van der Waals surface area (Å²) >= 11 is 1.39.